The van der Waals surface area contributed by atoms with Crippen molar-refractivity contribution in [1.82, 2.24) is 0 Å². The molecule has 6 heavy (non-hydrogen) atoms. The van der Waals surface area contributed by atoms with Crippen LogP contribution in [0, 0.1) is 10.2 Å². The first-order valence-electron chi connectivity index (χ1n) is 0.617. The molecule has 34 valence electrons. The van der Waals surface area contributed by atoms with Crippen LogP contribution in [-0.4, -0.2) is 25.8 Å². The average molecular weight is 214 g/mol. The molecule has 0 aliphatic carbocycles. The van der Waals surface area contributed by atoms with Gasteiger partial charge in [0.05, 0.1) is 0 Å². The van der Waals surface area contributed by atoms with Gasteiger partial charge in [-0.25, -0.2) is 18.6 Å². The van der Waals surface area contributed by atoms with Gasteiger partial charge in [0.25, 0.3) is 0 Å². The Bertz CT molecular complexity index is 23.0. The van der Waals surface area contributed by atoms with Gasteiger partial charge in [-0.15, -0.1) is 10.2 Å². The van der Waals surface area contributed by atoms with Crippen molar-refractivity contribution < 1.29 is 28.9 Å². The maximum absolute atomic E-state index is 8.49. The summed E-state index contributed by atoms with van der Waals surface area (Å²) in [6.07, 6.45) is 0. The van der Waals surface area contributed by atoms with E-state index in [0.717, 1.165) is 0 Å². The second-order valence-electron chi connectivity index (χ2n) is 0.378. The molecule has 0 saturated heterocycles. The van der Waals surface area contributed by atoms with Crippen LogP contribution in [0.1, 0.15) is 0 Å². The summed E-state index contributed by atoms with van der Waals surface area (Å²) in [4.78, 5) is 0. The quantitative estimate of drug-likeness (QED) is 0.403. The van der Waals surface area contributed by atoms with Crippen LogP contribution in [0.4, 0.5) is 0 Å². The monoisotopic (exact) mass is 214 g/mol. The Balaban J connectivity index is 0. The molecule has 4 nitrogen and oxygen atoms in total. The van der Waals surface area contributed by atoms with E-state index in [2.05, 4.69) is 0 Å². The van der Waals surface area contributed by atoms with E-state index in [0.29, 0.717) is 0 Å². The van der Waals surface area contributed by atoms with Gasteiger partial charge >= 0.3 is 25.8 Å². The Labute approximate surface area is 54.9 Å². The standard InChI is InChI=1S/ClHO4.In/c2-1(3,4)5;/h(H,2,3,4,5);/q;+1/p-1. The van der Waals surface area contributed by atoms with Crippen LogP contribution >= 0.6 is 0 Å². The van der Waals surface area contributed by atoms with Crippen molar-refractivity contribution in [3.8, 4) is 0 Å². The van der Waals surface area contributed by atoms with Crippen LogP contribution in [0.25, 0.3) is 0 Å². The predicted molar refractivity (Wildman–Crippen MR) is 5.75 cm³/mol. The van der Waals surface area contributed by atoms with Gasteiger partial charge in [-0.05, 0) is 0 Å². The van der Waals surface area contributed by atoms with Crippen LogP contribution in [0.2, 0.25) is 0 Å². The van der Waals surface area contributed by atoms with Gasteiger partial charge in [0.15, 0.2) is 0 Å². The summed E-state index contributed by atoms with van der Waals surface area (Å²) in [7, 11) is -4.94. The Morgan fingerprint density at radius 2 is 0.833 bits per heavy atom. The molecule has 0 aliphatic heterocycles. The predicted octanol–water partition coefficient (Wildman–Crippen LogP) is -5.14. The van der Waals surface area contributed by atoms with Crippen molar-refractivity contribution in [3.63, 3.8) is 0 Å². The summed E-state index contributed by atoms with van der Waals surface area (Å²) in [5.41, 5.74) is 0. The molecule has 0 bridgehead atoms. The zero-order valence-electron chi connectivity index (χ0n) is 2.59. The second-order valence-corrected chi connectivity index (χ2v) is 1.13. The van der Waals surface area contributed by atoms with Gasteiger partial charge in [-0.3, -0.25) is 0 Å². The molecule has 0 fully saturated rings. The molecule has 0 spiro atoms. The fourth-order valence-electron chi connectivity index (χ4n) is 0. The van der Waals surface area contributed by atoms with Crippen molar-refractivity contribution in [1.29, 1.82) is 0 Å². The molecule has 0 aromatic rings. The molecule has 0 unspecified atom stereocenters. The van der Waals surface area contributed by atoms with Crippen molar-refractivity contribution in [2.24, 2.45) is 0 Å². The van der Waals surface area contributed by atoms with E-state index in [1.54, 1.807) is 0 Å². The molecular formula is ClInO4. The van der Waals surface area contributed by atoms with Crippen LogP contribution in [0.3, 0.4) is 0 Å². The van der Waals surface area contributed by atoms with Gasteiger partial charge in [0.1, 0.15) is 0 Å². The van der Waals surface area contributed by atoms with E-state index in [1.807, 2.05) is 0 Å². The fourth-order valence-corrected chi connectivity index (χ4v) is 0. The molecule has 0 N–H and O–H groups in total. The summed E-state index contributed by atoms with van der Waals surface area (Å²) >= 11 is 0. The third-order valence-electron chi connectivity index (χ3n) is 0. The molecule has 0 saturated carbocycles. The largest absolute Gasteiger partial charge is 1.00 e. The molecule has 0 atom stereocenters. The van der Waals surface area contributed by atoms with Gasteiger partial charge in [0, 0.05) is 0 Å². The molecule has 2 radical (unpaired) electrons. The van der Waals surface area contributed by atoms with Crippen molar-refractivity contribution in [3.05, 3.63) is 0 Å². The van der Waals surface area contributed by atoms with Gasteiger partial charge in [0.2, 0.25) is 0 Å². The van der Waals surface area contributed by atoms with Gasteiger partial charge in [-0.1, -0.05) is 0 Å². The third kappa shape index (κ3) is 80.0. The Morgan fingerprint density at radius 1 is 0.833 bits per heavy atom. The van der Waals surface area contributed by atoms with Gasteiger partial charge in [-0.2, -0.15) is 0 Å². The van der Waals surface area contributed by atoms with E-state index in [4.69, 9.17) is 18.6 Å². The topological polar surface area (TPSA) is 92.2 Å². The summed E-state index contributed by atoms with van der Waals surface area (Å²) in [6, 6.07) is 0. The molecule has 0 aromatic carbocycles. The maximum Gasteiger partial charge on any atom is 1.00 e. The first kappa shape index (κ1) is 10.1. The smallest absolute Gasteiger partial charge is 0.222 e. The van der Waals surface area contributed by atoms with E-state index in [-0.39, 0.29) is 25.8 Å². The van der Waals surface area contributed by atoms with Crippen LogP contribution in [0.5, 0.6) is 0 Å². The zero-order chi connectivity index (χ0) is 4.50. The maximum atomic E-state index is 8.49. The minimum atomic E-state index is -4.94. The van der Waals surface area contributed by atoms with E-state index in [1.165, 1.54) is 0 Å². The number of hydrogen-bond acceptors (Lipinski definition) is 4. The van der Waals surface area contributed by atoms with Gasteiger partial charge < -0.3 is 0 Å². The summed E-state index contributed by atoms with van der Waals surface area (Å²) in [5.74, 6) is 0. The molecular weight excluding hydrogens is 214 g/mol. The summed E-state index contributed by atoms with van der Waals surface area (Å²) < 4.78 is 34.0. The minimum absolute atomic E-state index is 0. The molecule has 0 aliphatic rings. The van der Waals surface area contributed by atoms with Crippen molar-refractivity contribution in [2.45, 2.75) is 0 Å². The molecule has 0 aromatic heterocycles. The molecule has 6 heteroatoms. The van der Waals surface area contributed by atoms with E-state index < -0.39 is 10.2 Å². The van der Waals surface area contributed by atoms with E-state index in [9.17, 15) is 0 Å². The third-order valence-corrected chi connectivity index (χ3v) is 0. The Kier molecular flexibility index (Phi) is 5.14. The van der Waals surface area contributed by atoms with Crippen molar-refractivity contribution >= 4 is 25.8 Å². The molecule has 0 amide bonds. The average Bonchev–Trinajstić information content (AvgIpc) is 0.722. The first-order chi connectivity index (χ1) is 2.00. The van der Waals surface area contributed by atoms with Crippen LogP contribution < -0.4 is 18.6 Å². The fraction of sp³-hybridized carbons (Fsp3) is 0. The van der Waals surface area contributed by atoms with Crippen LogP contribution in [-0.2, 0) is 0 Å². The van der Waals surface area contributed by atoms with E-state index >= 15 is 0 Å². The second kappa shape index (κ2) is 3.06. The summed E-state index contributed by atoms with van der Waals surface area (Å²) in [6.45, 7) is 0. The SMILES string of the molecule is [In+].[O-][Cl+3]([O-])([O-])[O-]. The number of halogens is 1. The molecule has 0 rings (SSSR count). The number of rotatable bonds is 0. The minimum Gasteiger partial charge on any atom is -0.222 e. The summed E-state index contributed by atoms with van der Waals surface area (Å²) in [5, 5.41) is 0. The molecule has 0 heterocycles. The van der Waals surface area contributed by atoms with Crippen LogP contribution in [0.15, 0.2) is 0 Å². The Morgan fingerprint density at radius 3 is 0.833 bits per heavy atom. The zero-order valence-corrected chi connectivity index (χ0v) is 6.64. The first-order valence-corrected chi connectivity index (χ1v) is 1.85. The normalized spacial score (nSPS) is 10.0. The number of hydrogen-bond donors (Lipinski definition) is 0. The Hall–Kier alpha value is 1.00. The van der Waals surface area contributed by atoms with Crippen molar-refractivity contribution in [2.75, 3.05) is 0 Å².